The van der Waals surface area contributed by atoms with Crippen molar-refractivity contribution in [3.63, 3.8) is 0 Å². The van der Waals surface area contributed by atoms with Gasteiger partial charge in [0.25, 0.3) is 0 Å². The zero-order valence-electron chi connectivity index (χ0n) is 13.2. The van der Waals surface area contributed by atoms with Gasteiger partial charge in [0.2, 0.25) is 0 Å². The fraction of sp³-hybridized carbons (Fsp3) is 0.263. The largest absolute Gasteiger partial charge is 0.454 e. The molecule has 22 heavy (non-hydrogen) atoms. The van der Waals surface area contributed by atoms with E-state index in [0.29, 0.717) is 6.04 Å². The third-order valence-corrected chi connectivity index (χ3v) is 4.65. The third-order valence-electron chi connectivity index (χ3n) is 4.65. The number of para-hydroxylation sites is 1. The van der Waals surface area contributed by atoms with Crippen LogP contribution in [0.4, 0.5) is 5.69 Å². The topological polar surface area (TPSA) is 19.6 Å². The molecule has 0 bridgehead atoms. The number of hydrogen-bond acceptors (Lipinski definition) is 3. The average Bonchev–Trinajstić information content (AvgIpc) is 2.88. The van der Waals surface area contributed by atoms with E-state index in [1.165, 1.54) is 22.0 Å². The molecule has 1 aliphatic heterocycles. The zero-order valence-corrected chi connectivity index (χ0v) is 13.2. The summed E-state index contributed by atoms with van der Waals surface area (Å²) >= 11 is 0. The van der Waals surface area contributed by atoms with Crippen LogP contribution in [0.2, 0.25) is 0 Å². The predicted octanol–water partition coefficient (Wildman–Crippen LogP) is 4.51. The van der Waals surface area contributed by atoms with Gasteiger partial charge in [0, 0.05) is 42.8 Å². The van der Waals surface area contributed by atoms with Crippen molar-refractivity contribution < 1.29 is 4.42 Å². The minimum atomic E-state index is 0.476. The Balaban J connectivity index is 1.97. The second-order valence-corrected chi connectivity index (χ2v) is 6.17. The monoisotopic (exact) mass is 292 g/mol. The van der Waals surface area contributed by atoms with E-state index < -0.39 is 0 Å². The van der Waals surface area contributed by atoms with Gasteiger partial charge in [-0.05, 0) is 25.5 Å². The van der Waals surface area contributed by atoms with Crippen LogP contribution >= 0.6 is 0 Å². The van der Waals surface area contributed by atoms with Crippen molar-refractivity contribution in [2.45, 2.75) is 19.9 Å². The number of aryl methyl sites for hydroxylation is 1. The van der Waals surface area contributed by atoms with Crippen LogP contribution in [-0.2, 0) is 0 Å². The van der Waals surface area contributed by atoms with Crippen LogP contribution in [-0.4, -0.2) is 24.5 Å². The molecule has 0 N–H and O–H groups in total. The molecule has 3 heteroatoms. The third kappa shape index (κ3) is 1.89. The number of anilines is 1. The lowest BCUT2D eigenvalue weighted by Crippen LogP contribution is -2.40. The first-order chi connectivity index (χ1) is 10.6. The van der Waals surface area contributed by atoms with E-state index in [0.717, 1.165) is 17.7 Å². The Morgan fingerprint density at radius 3 is 2.68 bits per heavy atom. The molecular weight excluding hydrogens is 272 g/mol. The number of likely N-dealkylation sites (N-methyl/N-ethyl adjacent to an activating group) is 1. The standard InChI is InChI=1S/C19H20N2O/c1-13-8-9-16-15-6-4-5-7-17(15)22-19(16)18(13)21-11-10-20(3)14(2)12-21/h4-11,14H,12H2,1-3H3/t14-/m0/s1. The van der Waals surface area contributed by atoms with Gasteiger partial charge in [0.05, 0.1) is 5.69 Å². The highest BCUT2D eigenvalue weighted by Crippen LogP contribution is 2.38. The Morgan fingerprint density at radius 1 is 1.05 bits per heavy atom. The van der Waals surface area contributed by atoms with Crippen LogP contribution in [0, 0.1) is 6.92 Å². The first kappa shape index (κ1) is 13.3. The summed E-state index contributed by atoms with van der Waals surface area (Å²) in [6, 6.07) is 13.1. The lowest BCUT2D eigenvalue weighted by molar-refractivity contribution is 0.341. The number of furan rings is 1. The summed E-state index contributed by atoms with van der Waals surface area (Å²) in [5.74, 6) is 0. The molecule has 0 fully saturated rings. The average molecular weight is 292 g/mol. The Morgan fingerprint density at radius 2 is 1.86 bits per heavy atom. The first-order valence-electron chi connectivity index (χ1n) is 7.73. The van der Waals surface area contributed by atoms with Crippen LogP contribution in [0.15, 0.2) is 53.2 Å². The smallest absolute Gasteiger partial charge is 0.159 e. The van der Waals surface area contributed by atoms with Crippen molar-refractivity contribution >= 4 is 27.6 Å². The minimum absolute atomic E-state index is 0.476. The molecule has 2 aromatic carbocycles. The highest BCUT2D eigenvalue weighted by molar-refractivity contribution is 6.09. The Hall–Kier alpha value is -2.42. The summed E-state index contributed by atoms with van der Waals surface area (Å²) < 4.78 is 6.19. The second-order valence-electron chi connectivity index (χ2n) is 6.17. The molecule has 2 heterocycles. The molecule has 0 amide bonds. The molecule has 0 aliphatic carbocycles. The second kappa shape index (κ2) is 4.80. The van der Waals surface area contributed by atoms with Crippen LogP contribution < -0.4 is 4.90 Å². The molecule has 0 saturated heterocycles. The normalized spacial score (nSPS) is 18.6. The Labute approximate surface area is 130 Å². The van der Waals surface area contributed by atoms with Crippen LogP contribution in [0.25, 0.3) is 21.9 Å². The molecule has 1 atom stereocenters. The number of benzene rings is 2. The van der Waals surface area contributed by atoms with Gasteiger partial charge in [-0.25, -0.2) is 0 Å². The number of rotatable bonds is 1. The lowest BCUT2D eigenvalue weighted by atomic mass is 10.1. The van der Waals surface area contributed by atoms with E-state index in [1.54, 1.807) is 0 Å². The summed E-state index contributed by atoms with van der Waals surface area (Å²) in [7, 11) is 2.12. The van der Waals surface area contributed by atoms with Crippen molar-refractivity contribution in [1.82, 2.24) is 4.90 Å². The van der Waals surface area contributed by atoms with Crippen LogP contribution in [0.1, 0.15) is 12.5 Å². The summed E-state index contributed by atoms with van der Waals surface area (Å²) in [5, 5.41) is 2.38. The van der Waals surface area contributed by atoms with Gasteiger partial charge in [-0.15, -0.1) is 0 Å². The zero-order chi connectivity index (χ0) is 15.3. The highest BCUT2D eigenvalue weighted by atomic mass is 16.3. The molecule has 0 unspecified atom stereocenters. The van der Waals surface area contributed by atoms with Gasteiger partial charge < -0.3 is 14.2 Å². The van der Waals surface area contributed by atoms with Gasteiger partial charge in [0.15, 0.2) is 5.58 Å². The maximum atomic E-state index is 6.19. The van der Waals surface area contributed by atoms with Crippen molar-refractivity contribution in [3.05, 3.63) is 54.4 Å². The van der Waals surface area contributed by atoms with E-state index >= 15 is 0 Å². The summed E-state index contributed by atoms with van der Waals surface area (Å²) in [6.45, 7) is 5.35. The fourth-order valence-electron chi connectivity index (χ4n) is 3.20. The van der Waals surface area contributed by atoms with Gasteiger partial charge in [-0.1, -0.05) is 30.3 Å². The van der Waals surface area contributed by atoms with Crippen molar-refractivity contribution in [1.29, 1.82) is 0 Å². The predicted molar refractivity (Wildman–Crippen MR) is 92.2 cm³/mol. The van der Waals surface area contributed by atoms with Gasteiger partial charge in [-0.2, -0.15) is 0 Å². The summed E-state index contributed by atoms with van der Waals surface area (Å²) in [4.78, 5) is 4.55. The molecule has 0 radical (unpaired) electrons. The molecule has 1 aliphatic rings. The maximum Gasteiger partial charge on any atom is 0.159 e. The molecule has 0 spiro atoms. The van der Waals surface area contributed by atoms with Crippen molar-refractivity contribution in [3.8, 4) is 0 Å². The molecule has 3 nitrogen and oxygen atoms in total. The Bertz CT molecular complexity index is 878. The molecule has 3 aromatic rings. The van der Waals surface area contributed by atoms with Gasteiger partial charge in [-0.3, -0.25) is 0 Å². The SMILES string of the molecule is Cc1ccc2c(oc3ccccc32)c1N1C=CN(C)[C@@H](C)C1. The van der Waals surface area contributed by atoms with Gasteiger partial charge >= 0.3 is 0 Å². The maximum absolute atomic E-state index is 6.19. The van der Waals surface area contributed by atoms with Crippen molar-refractivity contribution in [2.24, 2.45) is 0 Å². The fourth-order valence-corrected chi connectivity index (χ4v) is 3.20. The number of fused-ring (bicyclic) bond motifs is 3. The molecule has 4 rings (SSSR count). The summed E-state index contributed by atoms with van der Waals surface area (Å²) in [6.07, 6.45) is 4.28. The molecule has 112 valence electrons. The minimum Gasteiger partial charge on any atom is -0.454 e. The van der Waals surface area contributed by atoms with Crippen LogP contribution in [0.5, 0.6) is 0 Å². The van der Waals surface area contributed by atoms with E-state index in [9.17, 15) is 0 Å². The lowest BCUT2D eigenvalue weighted by Gasteiger charge is -2.35. The van der Waals surface area contributed by atoms with E-state index in [1.807, 2.05) is 12.1 Å². The Kier molecular flexibility index (Phi) is 2.89. The molecule has 1 aromatic heterocycles. The molecule has 0 saturated carbocycles. The molecular formula is C19H20N2O. The van der Waals surface area contributed by atoms with E-state index in [4.69, 9.17) is 4.42 Å². The number of nitrogens with zero attached hydrogens (tertiary/aromatic N) is 2. The van der Waals surface area contributed by atoms with Crippen LogP contribution in [0.3, 0.4) is 0 Å². The highest BCUT2D eigenvalue weighted by Gasteiger charge is 2.21. The first-order valence-corrected chi connectivity index (χ1v) is 7.73. The van der Waals surface area contributed by atoms with Crippen molar-refractivity contribution in [2.75, 3.05) is 18.5 Å². The quantitative estimate of drug-likeness (QED) is 0.658. The van der Waals surface area contributed by atoms with E-state index in [2.05, 4.69) is 67.4 Å². The summed E-state index contributed by atoms with van der Waals surface area (Å²) in [5.41, 5.74) is 4.37. The van der Waals surface area contributed by atoms with E-state index in [-0.39, 0.29) is 0 Å². The number of hydrogen-bond donors (Lipinski definition) is 0. The van der Waals surface area contributed by atoms with Gasteiger partial charge in [0.1, 0.15) is 5.58 Å².